The van der Waals surface area contributed by atoms with Gasteiger partial charge in [0.25, 0.3) is 23.6 Å². The van der Waals surface area contributed by atoms with Gasteiger partial charge in [0.05, 0.1) is 27.9 Å². The van der Waals surface area contributed by atoms with Crippen molar-refractivity contribution in [1.29, 1.82) is 0 Å². The van der Waals surface area contributed by atoms with Gasteiger partial charge in [-0.05, 0) is 54.4 Å². The fourth-order valence-corrected chi connectivity index (χ4v) is 5.24. The van der Waals surface area contributed by atoms with Crippen LogP contribution in [0.25, 0.3) is 0 Å². The second kappa shape index (κ2) is 9.62. The molecule has 1 N–H and O–H groups in total. The number of hydrogen-bond donors (Lipinski definition) is 1. The largest absolute Gasteiger partial charge is 0.399 e. The minimum Gasteiger partial charge on any atom is -0.289 e. The van der Waals surface area contributed by atoms with E-state index >= 15 is 0 Å². The van der Waals surface area contributed by atoms with E-state index in [1.54, 1.807) is 19.1 Å². The van der Waals surface area contributed by atoms with Crippen molar-refractivity contribution in [2.75, 3.05) is 4.90 Å². The number of alkyl halides is 3. The van der Waals surface area contributed by atoms with Crippen LogP contribution < -0.4 is 10.2 Å². The summed E-state index contributed by atoms with van der Waals surface area (Å²) >= 11 is 0. The van der Waals surface area contributed by atoms with E-state index in [0.717, 1.165) is 10.5 Å². The number of imide groups is 2. The summed E-state index contributed by atoms with van der Waals surface area (Å²) in [5.74, 6) is -5.03. The molecule has 0 fully saturated rings. The van der Waals surface area contributed by atoms with Crippen molar-refractivity contribution in [3.8, 4) is 0 Å². The van der Waals surface area contributed by atoms with Crippen molar-refractivity contribution in [3.63, 3.8) is 0 Å². The highest BCUT2D eigenvalue weighted by Gasteiger charge is 2.42. The molecule has 2 aliphatic rings. The lowest BCUT2D eigenvalue weighted by Gasteiger charge is -2.22. The molecule has 4 aromatic carbocycles. The van der Waals surface area contributed by atoms with Crippen LogP contribution in [0.1, 0.15) is 80.0 Å². The van der Waals surface area contributed by atoms with Crippen molar-refractivity contribution in [2.45, 2.75) is 19.0 Å². The molecule has 2 aliphatic heterocycles. The zero-order chi connectivity index (χ0) is 29.9. The van der Waals surface area contributed by atoms with Gasteiger partial charge in [0.1, 0.15) is 5.92 Å². The molecule has 1 unspecified atom stereocenters. The maximum absolute atomic E-state index is 14.0. The molecule has 42 heavy (non-hydrogen) atoms. The molecule has 4 amide bonds. The van der Waals surface area contributed by atoms with Gasteiger partial charge in [-0.25, -0.2) is 4.90 Å². The molecule has 0 saturated carbocycles. The number of carbonyl (C=O) groups is 5. The average molecular weight is 569 g/mol. The van der Waals surface area contributed by atoms with Crippen LogP contribution in [-0.2, 0) is 0 Å². The molecular weight excluding hydrogens is 549 g/mol. The Morgan fingerprint density at radius 1 is 0.667 bits per heavy atom. The van der Waals surface area contributed by atoms with Gasteiger partial charge in [-0.15, -0.1) is 0 Å². The third-order valence-corrected chi connectivity index (χ3v) is 7.37. The monoisotopic (exact) mass is 568 g/mol. The van der Waals surface area contributed by atoms with E-state index < -0.39 is 41.5 Å². The lowest BCUT2D eigenvalue weighted by Crippen LogP contribution is -2.29. The number of fused-ring (bicyclic) bond motifs is 2. The highest BCUT2D eigenvalue weighted by Crippen LogP contribution is 2.41. The van der Waals surface area contributed by atoms with Gasteiger partial charge in [0.2, 0.25) is 0 Å². The van der Waals surface area contributed by atoms with E-state index in [9.17, 15) is 37.1 Å². The first-order valence-corrected chi connectivity index (χ1v) is 12.7. The zero-order valence-corrected chi connectivity index (χ0v) is 21.8. The molecule has 2 heterocycles. The van der Waals surface area contributed by atoms with Crippen LogP contribution in [0.3, 0.4) is 0 Å². The predicted octanol–water partition coefficient (Wildman–Crippen LogP) is 5.60. The SMILES string of the molecule is Cc1ccc(C(c2ccc(N3C(=O)c4ccc(C(=O)c5ccc6c(c5)C(=O)NC6=O)cc4C3=O)cc2)C(F)(F)F)cc1. The first kappa shape index (κ1) is 26.8. The third kappa shape index (κ3) is 4.37. The molecule has 0 aromatic heterocycles. The topological polar surface area (TPSA) is 101 Å². The Labute approximate surface area is 236 Å². The lowest BCUT2D eigenvalue weighted by molar-refractivity contribution is -0.141. The second-order valence-electron chi connectivity index (χ2n) is 10.1. The van der Waals surface area contributed by atoms with Crippen LogP contribution in [0.2, 0.25) is 0 Å². The molecule has 0 saturated heterocycles. The van der Waals surface area contributed by atoms with E-state index in [4.69, 9.17) is 0 Å². The quantitative estimate of drug-likeness (QED) is 0.249. The van der Waals surface area contributed by atoms with E-state index in [1.165, 1.54) is 72.8 Å². The number of aryl methyl sites for hydroxylation is 1. The maximum Gasteiger partial charge on any atom is 0.399 e. The van der Waals surface area contributed by atoms with Crippen LogP contribution >= 0.6 is 0 Å². The summed E-state index contributed by atoms with van der Waals surface area (Å²) in [6.45, 7) is 1.78. The minimum absolute atomic E-state index is 0.0346. The van der Waals surface area contributed by atoms with Crippen molar-refractivity contribution < 1.29 is 37.1 Å². The van der Waals surface area contributed by atoms with E-state index in [0.29, 0.717) is 0 Å². The van der Waals surface area contributed by atoms with E-state index in [1.807, 2.05) is 0 Å². The summed E-state index contributed by atoms with van der Waals surface area (Å²) < 4.78 is 42.1. The van der Waals surface area contributed by atoms with Crippen molar-refractivity contribution >= 4 is 35.1 Å². The zero-order valence-electron chi connectivity index (χ0n) is 21.8. The van der Waals surface area contributed by atoms with E-state index in [-0.39, 0.29) is 50.2 Å². The summed E-state index contributed by atoms with van der Waals surface area (Å²) in [6.07, 6.45) is -4.58. The smallest absolute Gasteiger partial charge is 0.289 e. The van der Waals surface area contributed by atoms with E-state index in [2.05, 4.69) is 5.32 Å². The number of anilines is 1. The summed E-state index contributed by atoms with van der Waals surface area (Å²) in [6, 6.07) is 19.1. The normalized spacial score (nSPS) is 15.0. The minimum atomic E-state index is -4.58. The molecule has 6 rings (SSSR count). The number of amides is 4. The van der Waals surface area contributed by atoms with Crippen molar-refractivity contribution in [1.82, 2.24) is 5.32 Å². The van der Waals surface area contributed by atoms with Gasteiger partial charge < -0.3 is 0 Å². The molecule has 208 valence electrons. The van der Waals surface area contributed by atoms with Crippen molar-refractivity contribution in [2.24, 2.45) is 0 Å². The fraction of sp³-hybridized carbons (Fsp3) is 0.0938. The third-order valence-electron chi connectivity index (χ3n) is 7.37. The summed E-state index contributed by atoms with van der Waals surface area (Å²) in [7, 11) is 0. The fourth-order valence-electron chi connectivity index (χ4n) is 5.24. The van der Waals surface area contributed by atoms with Gasteiger partial charge in [0, 0.05) is 11.1 Å². The summed E-state index contributed by atoms with van der Waals surface area (Å²) in [5.41, 5.74) is 1.29. The van der Waals surface area contributed by atoms with Crippen LogP contribution in [0.15, 0.2) is 84.9 Å². The van der Waals surface area contributed by atoms with Crippen molar-refractivity contribution in [3.05, 3.63) is 135 Å². The standard InChI is InChI=1S/C32H19F3N2O5/c1-16-2-4-17(5-3-16)26(32(33,34)35)18-6-10-21(11-7-18)37-30(41)23-13-9-20(15-25(23)31(37)42)27(38)19-8-12-22-24(14-19)29(40)36-28(22)39/h2-15,26H,1H3,(H,36,39,40). The van der Waals surface area contributed by atoms with Crippen LogP contribution in [0.5, 0.6) is 0 Å². The number of nitrogens with one attached hydrogen (secondary N) is 1. The second-order valence-corrected chi connectivity index (χ2v) is 10.1. The Balaban J connectivity index is 1.28. The number of halogens is 3. The number of benzene rings is 4. The van der Waals surface area contributed by atoms with Crippen LogP contribution in [-0.4, -0.2) is 35.6 Å². The maximum atomic E-state index is 14.0. The molecule has 0 aliphatic carbocycles. The molecule has 0 bridgehead atoms. The molecular formula is C32H19F3N2O5. The molecule has 4 aromatic rings. The Bertz CT molecular complexity index is 1840. The number of ketones is 1. The Morgan fingerprint density at radius 2 is 1.17 bits per heavy atom. The van der Waals surface area contributed by atoms with Crippen LogP contribution in [0, 0.1) is 6.92 Å². The van der Waals surface area contributed by atoms with Gasteiger partial charge >= 0.3 is 6.18 Å². The van der Waals surface area contributed by atoms with Gasteiger partial charge in [-0.3, -0.25) is 29.3 Å². The Morgan fingerprint density at radius 3 is 1.76 bits per heavy atom. The van der Waals surface area contributed by atoms with Gasteiger partial charge in [-0.2, -0.15) is 13.2 Å². The first-order valence-electron chi connectivity index (χ1n) is 12.7. The summed E-state index contributed by atoms with van der Waals surface area (Å²) in [5, 5.41) is 2.15. The number of carbonyl (C=O) groups excluding carboxylic acids is 5. The number of rotatable bonds is 5. The lowest BCUT2D eigenvalue weighted by atomic mass is 9.90. The number of nitrogens with zero attached hydrogens (tertiary/aromatic N) is 1. The Kier molecular flexibility index (Phi) is 6.14. The number of hydrogen-bond acceptors (Lipinski definition) is 5. The highest BCUT2D eigenvalue weighted by atomic mass is 19.4. The van der Waals surface area contributed by atoms with Gasteiger partial charge in [-0.1, -0.05) is 54.1 Å². The molecule has 0 radical (unpaired) electrons. The Hall–Kier alpha value is -5.38. The van der Waals surface area contributed by atoms with Crippen LogP contribution in [0.4, 0.5) is 18.9 Å². The molecule has 7 nitrogen and oxygen atoms in total. The molecule has 0 spiro atoms. The highest BCUT2D eigenvalue weighted by molar-refractivity contribution is 6.35. The summed E-state index contributed by atoms with van der Waals surface area (Å²) in [4.78, 5) is 64.3. The average Bonchev–Trinajstić information content (AvgIpc) is 3.39. The predicted molar refractivity (Wildman–Crippen MR) is 145 cm³/mol. The van der Waals surface area contributed by atoms with Gasteiger partial charge in [0.15, 0.2) is 5.78 Å². The molecule has 1 atom stereocenters. The molecule has 10 heteroatoms. The first-order chi connectivity index (χ1) is 19.9.